The molecule has 94 valence electrons. The van der Waals surface area contributed by atoms with E-state index in [1.54, 1.807) is 0 Å². The lowest BCUT2D eigenvalue weighted by Gasteiger charge is -2.16. The third kappa shape index (κ3) is 3.42. The fourth-order valence-electron chi connectivity index (χ4n) is 1.85. The fraction of sp³-hybridized carbons (Fsp3) is 0.250. The summed E-state index contributed by atoms with van der Waals surface area (Å²) in [5.74, 6) is 0. The Morgan fingerprint density at radius 1 is 1.00 bits per heavy atom. The smallest absolute Gasteiger partial charge is 0.0951 e. The highest BCUT2D eigenvalue weighted by Gasteiger charge is 2.09. The Hall–Kier alpha value is -1.64. The first-order chi connectivity index (χ1) is 8.79. The molecule has 0 aliphatic rings. The average molecular weight is 241 g/mol. The van der Waals surface area contributed by atoms with Gasteiger partial charge >= 0.3 is 0 Å². The lowest BCUT2D eigenvalue weighted by Crippen LogP contribution is -2.15. The van der Waals surface area contributed by atoms with E-state index in [2.05, 4.69) is 43.3 Å². The van der Waals surface area contributed by atoms with Crippen molar-refractivity contribution >= 4 is 0 Å². The molecule has 2 nitrogen and oxygen atoms in total. The molecule has 0 saturated heterocycles. The van der Waals surface area contributed by atoms with Gasteiger partial charge in [0.2, 0.25) is 0 Å². The van der Waals surface area contributed by atoms with Crippen LogP contribution in [0.3, 0.4) is 0 Å². The van der Waals surface area contributed by atoms with Gasteiger partial charge in [0.15, 0.2) is 0 Å². The Balaban J connectivity index is 1.99. The van der Waals surface area contributed by atoms with Gasteiger partial charge in [-0.1, -0.05) is 60.2 Å². The molecule has 1 unspecified atom stereocenters. The molecule has 0 spiro atoms. The summed E-state index contributed by atoms with van der Waals surface area (Å²) in [5, 5.41) is 0. The van der Waals surface area contributed by atoms with E-state index >= 15 is 0 Å². The molecule has 0 fully saturated rings. The van der Waals surface area contributed by atoms with E-state index < -0.39 is 0 Å². The molecule has 18 heavy (non-hydrogen) atoms. The van der Waals surface area contributed by atoms with E-state index in [9.17, 15) is 0 Å². The van der Waals surface area contributed by atoms with Crippen LogP contribution in [0.25, 0.3) is 0 Å². The topological polar surface area (TPSA) is 35.2 Å². The maximum Gasteiger partial charge on any atom is 0.0951 e. The molecule has 0 amide bonds. The van der Waals surface area contributed by atoms with Crippen molar-refractivity contribution in [2.45, 2.75) is 19.6 Å². The van der Waals surface area contributed by atoms with Crippen LogP contribution in [0.2, 0.25) is 0 Å². The highest BCUT2D eigenvalue weighted by Crippen LogP contribution is 2.18. The summed E-state index contributed by atoms with van der Waals surface area (Å²) < 4.78 is 5.88. The Kier molecular flexibility index (Phi) is 4.51. The summed E-state index contributed by atoms with van der Waals surface area (Å²) in [7, 11) is 0. The summed E-state index contributed by atoms with van der Waals surface area (Å²) in [6.07, 6.45) is -0.0363. The number of aryl methyl sites for hydroxylation is 1. The van der Waals surface area contributed by atoms with Crippen molar-refractivity contribution in [2.24, 2.45) is 5.73 Å². The lowest BCUT2D eigenvalue weighted by molar-refractivity contribution is 0.0456. The first-order valence-corrected chi connectivity index (χ1v) is 6.22. The highest BCUT2D eigenvalue weighted by molar-refractivity contribution is 5.23. The number of nitrogens with two attached hydrogens (primary N) is 1. The monoisotopic (exact) mass is 241 g/mol. The first-order valence-electron chi connectivity index (χ1n) is 6.22. The van der Waals surface area contributed by atoms with Crippen LogP contribution in [0.15, 0.2) is 54.6 Å². The number of benzene rings is 2. The quantitative estimate of drug-likeness (QED) is 0.872. The molecule has 2 N–H and O–H groups in total. The molecule has 0 aliphatic heterocycles. The molecule has 0 saturated carbocycles. The van der Waals surface area contributed by atoms with Crippen LogP contribution in [0, 0.1) is 6.92 Å². The maximum absolute atomic E-state index is 5.88. The standard InChI is InChI=1S/C16H19NO/c1-13-7-9-15(10-8-13)16(11-17)18-12-14-5-3-2-4-6-14/h2-10,16H,11-12,17H2,1H3. The Morgan fingerprint density at radius 3 is 2.28 bits per heavy atom. The minimum absolute atomic E-state index is 0.0363. The summed E-state index contributed by atoms with van der Waals surface area (Å²) in [6, 6.07) is 18.5. The van der Waals surface area contributed by atoms with Gasteiger partial charge in [-0.25, -0.2) is 0 Å². The Morgan fingerprint density at radius 2 is 1.67 bits per heavy atom. The van der Waals surface area contributed by atoms with Crippen LogP contribution in [-0.2, 0) is 11.3 Å². The normalized spacial score (nSPS) is 12.3. The average Bonchev–Trinajstić information content (AvgIpc) is 2.42. The second-order valence-electron chi connectivity index (χ2n) is 4.43. The Labute approximate surface area is 108 Å². The third-order valence-electron chi connectivity index (χ3n) is 2.96. The van der Waals surface area contributed by atoms with Gasteiger partial charge in [-0.05, 0) is 18.1 Å². The summed E-state index contributed by atoms with van der Waals surface area (Å²) >= 11 is 0. The van der Waals surface area contributed by atoms with E-state index in [0.717, 1.165) is 5.56 Å². The molecular weight excluding hydrogens is 222 g/mol. The van der Waals surface area contributed by atoms with Crippen LogP contribution in [0.5, 0.6) is 0 Å². The predicted molar refractivity (Wildman–Crippen MR) is 74.2 cm³/mol. The van der Waals surface area contributed by atoms with Gasteiger partial charge in [0.1, 0.15) is 0 Å². The van der Waals surface area contributed by atoms with E-state index in [1.807, 2.05) is 18.2 Å². The van der Waals surface area contributed by atoms with E-state index in [-0.39, 0.29) is 6.10 Å². The molecule has 0 heterocycles. The van der Waals surface area contributed by atoms with Crippen molar-refractivity contribution in [1.29, 1.82) is 0 Å². The molecule has 2 aromatic carbocycles. The number of ether oxygens (including phenoxy) is 1. The molecule has 0 aromatic heterocycles. The molecule has 2 aromatic rings. The van der Waals surface area contributed by atoms with Crippen molar-refractivity contribution < 1.29 is 4.74 Å². The van der Waals surface area contributed by atoms with Crippen molar-refractivity contribution in [3.8, 4) is 0 Å². The molecule has 1 atom stereocenters. The van der Waals surface area contributed by atoms with Crippen molar-refractivity contribution in [3.05, 3.63) is 71.3 Å². The van der Waals surface area contributed by atoms with Crippen LogP contribution in [-0.4, -0.2) is 6.54 Å². The molecule has 2 rings (SSSR count). The number of hydrogen-bond donors (Lipinski definition) is 1. The van der Waals surface area contributed by atoms with Gasteiger partial charge in [0.05, 0.1) is 12.7 Å². The predicted octanol–water partition coefficient (Wildman–Crippen LogP) is 3.21. The van der Waals surface area contributed by atoms with Gasteiger partial charge in [0.25, 0.3) is 0 Å². The highest BCUT2D eigenvalue weighted by atomic mass is 16.5. The van der Waals surface area contributed by atoms with Gasteiger partial charge in [-0.15, -0.1) is 0 Å². The second kappa shape index (κ2) is 6.34. The SMILES string of the molecule is Cc1ccc(C(CN)OCc2ccccc2)cc1. The minimum atomic E-state index is -0.0363. The molecular formula is C16H19NO. The Bertz CT molecular complexity index is 464. The van der Waals surface area contributed by atoms with Crippen LogP contribution in [0.1, 0.15) is 22.8 Å². The van der Waals surface area contributed by atoms with Crippen molar-refractivity contribution in [2.75, 3.05) is 6.54 Å². The largest absolute Gasteiger partial charge is 0.368 e. The summed E-state index contributed by atoms with van der Waals surface area (Å²) in [4.78, 5) is 0. The maximum atomic E-state index is 5.88. The zero-order valence-corrected chi connectivity index (χ0v) is 10.7. The second-order valence-corrected chi connectivity index (χ2v) is 4.43. The minimum Gasteiger partial charge on any atom is -0.368 e. The first kappa shape index (κ1) is 12.8. The lowest BCUT2D eigenvalue weighted by atomic mass is 10.1. The van der Waals surface area contributed by atoms with E-state index in [0.29, 0.717) is 13.2 Å². The third-order valence-corrected chi connectivity index (χ3v) is 2.96. The zero-order valence-electron chi connectivity index (χ0n) is 10.7. The van der Waals surface area contributed by atoms with Crippen LogP contribution >= 0.6 is 0 Å². The summed E-state index contributed by atoms with van der Waals surface area (Å²) in [5.41, 5.74) is 9.34. The molecule has 0 aliphatic carbocycles. The summed E-state index contributed by atoms with van der Waals surface area (Å²) in [6.45, 7) is 3.17. The van der Waals surface area contributed by atoms with E-state index in [1.165, 1.54) is 11.1 Å². The zero-order chi connectivity index (χ0) is 12.8. The molecule has 2 heteroatoms. The van der Waals surface area contributed by atoms with E-state index in [4.69, 9.17) is 10.5 Å². The van der Waals surface area contributed by atoms with Crippen LogP contribution < -0.4 is 5.73 Å². The van der Waals surface area contributed by atoms with Gasteiger partial charge in [-0.3, -0.25) is 0 Å². The number of rotatable bonds is 5. The van der Waals surface area contributed by atoms with Crippen molar-refractivity contribution in [1.82, 2.24) is 0 Å². The van der Waals surface area contributed by atoms with Crippen molar-refractivity contribution in [3.63, 3.8) is 0 Å². The number of hydrogen-bond acceptors (Lipinski definition) is 2. The van der Waals surface area contributed by atoms with Gasteiger partial charge in [-0.2, -0.15) is 0 Å². The van der Waals surface area contributed by atoms with Gasteiger partial charge in [0, 0.05) is 6.54 Å². The van der Waals surface area contributed by atoms with Crippen LogP contribution in [0.4, 0.5) is 0 Å². The molecule has 0 radical (unpaired) electrons. The molecule has 0 bridgehead atoms. The fourth-order valence-corrected chi connectivity index (χ4v) is 1.85. The van der Waals surface area contributed by atoms with Gasteiger partial charge < -0.3 is 10.5 Å².